The van der Waals surface area contributed by atoms with Crippen LogP contribution in [0.25, 0.3) is 5.69 Å². The first-order chi connectivity index (χ1) is 8.67. The van der Waals surface area contributed by atoms with Crippen LogP contribution in [0.4, 0.5) is 0 Å². The van der Waals surface area contributed by atoms with Crippen molar-refractivity contribution in [1.82, 2.24) is 9.78 Å². The topological polar surface area (TPSA) is 63.8 Å². The molecule has 0 amide bonds. The molecule has 0 saturated carbocycles. The summed E-state index contributed by atoms with van der Waals surface area (Å²) < 4.78 is 1.58. The van der Waals surface area contributed by atoms with Gasteiger partial charge >= 0.3 is 0 Å². The van der Waals surface area contributed by atoms with Gasteiger partial charge in [0.05, 0.1) is 5.69 Å². The maximum absolute atomic E-state index is 12.2. The van der Waals surface area contributed by atoms with Crippen molar-refractivity contribution in [2.45, 2.75) is 26.7 Å². The number of rotatable bonds is 4. The minimum absolute atomic E-state index is 0.00204. The zero-order valence-electron chi connectivity index (χ0n) is 10.9. The van der Waals surface area contributed by atoms with E-state index in [1.54, 1.807) is 4.68 Å². The van der Waals surface area contributed by atoms with Crippen LogP contribution in [0.3, 0.4) is 0 Å². The lowest BCUT2D eigenvalue weighted by Gasteiger charge is -2.02. The number of nitrogens with zero attached hydrogens (tertiary/aromatic N) is 1. The van der Waals surface area contributed by atoms with E-state index < -0.39 is 0 Å². The molecule has 0 fully saturated rings. The third-order valence-electron chi connectivity index (χ3n) is 3.19. The van der Waals surface area contributed by atoms with E-state index in [1.807, 2.05) is 31.2 Å². The number of nitrogens with two attached hydrogens (primary N) is 1. The lowest BCUT2D eigenvalue weighted by molar-refractivity contribution is 0.832. The second kappa shape index (κ2) is 5.23. The highest BCUT2D eigenvalue weighted by molar-refractivity contribution is 5.35. The van der Waals surface area contributed by atoms with Crippen LogP contribution in [-0.4, -0.2) is 16.3 Å². The van der Waals surface area contributed by atoms with Crippen LogP contribution in [0.2, 0.25) is 0 Å². The molecule has 0 aliphatic heterocycles. The van der Waals surface area contributed by atoms with Gasteiger partial charge in [0.2, 0.25) is 0 Å². The predicted octanol–water partition coefficient (Wildman–Crippen LogP) is 1.54. The fourth-order valence-corrected chi connectivity index (χ4v) is 2.08. The molecular weight excluding hydrogens is 226 g/mol. The van der Waals surface area contributed by atoms with Gasteiger partial charge in [-0.1, -0.05) is 19.1 Å². The zero-order chi connectivity index (χ0) is 13.1. The van der Waals surface area contributed by atoms with E-state index in [-0.39, 0.29) is 5.56 Å². The molecule has 1 heterocycles. The van der Waals surface area contributed by atoms with Crippen molar-refractivity contribution in [3.05, 3.63) is 51.4 Å². The Labute approximate surface area is 106 Å². The van der Waals surface area contributed by atoms with Crippen molar-refractivity contribution in [2.75, 3.05) is 6.54 Å². The van der Waals surface area contributed by atoms with E-state index in [9.17, 15) is 4.79 Å². The summed E-state index contributed by atoms with van der Waals surface area (Å²) in [6.45, 7) is 4.51. The number of benzene rings is 1. The largest absolute Gasteiger partial charge is 0.330 e. The van der Waals surface area contributed by atoms with Gasteiger partial charge in [0.1, 0.15) is 0 Å². The number of aromatic amines is 1. The Morgan fingerprint density at radius 1 is 1.28 bits per heavy atom. The summed E-state index contributed by atoms with van der Waals surface area (Å²) >= 11 is 0. The van der Waals surface area contributed by atoms with Crippen LogP contribution in [0.1, 0.15) is 23.7 Å². The van der Waals surface area contributed by atoms with Crippen LogP contribution in [0.5, 0.6) is 0 Å². The lowest BCUT2D eigenvalue weighted by atomic mass is 10.1. The van der Waals surface area contributed by atoms with Gasteiger partial charge < -0.3 is 5.73 Å². The van der Waals surface area contributed by atoms with Gasteiger partial charge in [0, 0.05) is 11.3 Å². The van der Waals surface area contributed by atoms with Crippen molar-refractivity contribution < 1.29 is 0 Å². The van der Waals surface area contributed by atoms with Gasteiger partial charge in [-0.15, -0.1) is 0 Å². The van der Waals surface area contributed by atoms with Crippen molar-refractivity contribution in [2.24, 2.45) is 5.73 Å². The minimum atomic E-state index is 0.00204. The normalized spacial score (nSPS) is 10.8. The number of nitrogens with one attached hydrogen (secondary N) is 1. The van der Waals surface area contributed by atoms with Crippen LogP contribution in [-0.2, 0) is 12.8 Å². The smallest absolute Gasteiger partial charge is 0.274 e. The predicted molar refractivity (Wildman–Crippen MR) is 73.3 cm³/mol. The molecule has 1 aromatic carbocycles. The first-order valence-electron chi connectivity index (χ1n) is 6.27. The van der Waals surface area contributed by atoms with Crippen LogP contribution in [0, 0.1) is 6.92 Å². The number of hydrogen-bond donors (Lipinski definition) is 2. The molecule has 1 aromatic heterocycles. The van der Waals surface area contributed by atoms with E-state index in [2.05, 4.69) is 12.0 Å². The molecule has 96 valence electrons. The maximum atomic E-state index is 12.2. The number of aromatic nitrogens is 2. The van der Waals surface area contributed by atoms with Crippen molar-refractivity contribution >= 4 is 0 Å². The van der Waals surface area contributed by atoms with E-state index in [0.29, 0.717) is 13.0 Å². The molecule has 2 rings (SSSR count). The number of H-pyrrole nitrogens is 1. The Morgan fingerprint density at radius 3 is 2.50 bits per heavy atom. The molecule has 3 N–H and O–H groups in total. The number of aryl methyl sites for hydroxylation is 2. The third-order valence-corrected chi connectivity index (χ3v) is 3.19. The average molecular weight is 245 g/mol. The molecule has 2 aromatic rings. The average Bonchev–Trinajstić information content (AvgIpc) is 2.67. The van der Waals surface area contributed by atoms with Gasteiger partial charge in [0.25, 0.3) is 5.56 Å². The van der Waals surface area contributed by atoms with Gasteiger partial charge in [-0.3, -0.25) is 9.89 Å². The Hall–Kier alpha value is -1.81. The Bertz CT molecular complexity index is 578. The van der Waals surface area contributed by atoms with Crippen molar-refractivity contribution in [3.63, 3.8) is 0 Å². The van der Waals surface area contributed by atoms with Crippen LogP contribution >= 0.6 is 0 Å². The molecule has 18 heavy (non-hydrogen) atoms. The third kappa shape index (κ3) is 2.24. The summed E-state index contributed by atoms with van der Waals surface area (Å²) in [6.07, 6.45) is 1.61. The summed E-state index contributed by atoms with van der Waals surface area (Å²) in [5.41, 5.74) is 9.32. The van der Waals surface area contributed by atoms with E-state index >= 15 is 0 Å². The second-order valence-corrected chi connectivity index (χ2v) is 4.41. The van der Waals surface area contributed by atoms with Crippen LogP contribution < -0.4 is 11.3 Å². The minimum Gasteiger partial charge on any atom is -0.330 e. The molecule has 0 saturated heterocycles. The van der Waals surface area contributed by atoms with E-state index in [4.69, 9.17) is 5.73 Å². The standard InChI is InChI=1S/C14H19N3O/c1-3-11-4-6-12(7-5-11)17-14(18)13(8-9-15)10(2)16-17/h4-7,16H,3,8-9,15H2,1-2H3. The van der Waals surface area contributed by atoms with E-state index in [0.717, 1.165) is 23.4 Å². The monoisotopic (exact) mass is 245 g/mol. The fourth-order valence-electron chi connectivity index (χ4n) is 2.08. The molecule has 0 spiro atoms. The highest BCUT2D eigenvalue weighted by atomic mass is 16.1. The SMILES string of the molecule is CCc1ccc(-n2[nH]c(C)c(CCN)c2=O)cc1. The van der Waals surface area contributed by atoms with Gasteiger partial charge in [-0.05, 0) is 44.0 Å². The Kier molecular flexibility index (Phi) is 3.67. The summed E-state index contributed by atoms with van der Waals surface area (Å²) in [5.74, 6) is 0. The molecule has 0 unspecified atom stereocenters. The molecular formula is C14H19N3O. The maximum Gasteiger partial charge on any atom is 0.274 e. The molecule has 0 aliphatic carbocycles. The molecule has 0 aliphatic rings. The highest BCUT2D eigenvalue weighted by Crippen LogP contribution is 2.09. The molecule has 4 heteroatoms. The molecule has 4 nitrogen and oxygen atoms in total. The summed E-state index contributed by atoms with van der Waals surface area (Å²) in [7, 11) is 0. The Morgan fingerprint density at radius 2 is 1.94 bits per heavy atom. The Balaban J connectivity index is 2.44. The van der Waals surface area contributed by atoms with Crippen molar-refractivity contribution in [3.8, 4) is 5.69 Å². The van der Waals surface area contributed by atoms with Gasteiger partial charge in [0.15, 0.2) is 0 Å². The van der Waals surface area contributed by atoms with Crippen molar-refractivity contribution in [1.29, 1.82) is 0 Å². The van der Waals surface area contributed by atoms with E-state index in [1.165, 1.54) is 5.56 Å². The van der Waals surface area contributed by atoms with Gasteiger partial charge in [-0.25, -0.2) is 4.68 Å². The lowest BCUT2D eigenvalue weighted by Crippen LogP contribution is -2.19. The quantitative estimate of drug-likeness (QED) is 0.858. The summed E-state index contributed by atoms with van der Waals surface area (Å²) in [5, 5.41) is 3.10. The molecule has 0 radical (unpaired) electrons. The van der Waals surface area contributed by atoms with Crippen LogP contribution in [0.15, 0.2) is 29.1 Å². The first-order valence-corrected chi connectivity index (χ1v) is 6.27. The summed E-state index contributed by atoms with van der Waals surface area (Å²) in [4.78, 5) is 12.2. The van der Waals surface area contributed by atoms with Gasteiger partial charge in [-0.2, -0.15) is 0 Å². The highest BCUT2D eigenvalue weighted by Gasteiger charge is 2.11. The molecule has 0 bridgehead atoms. The first kappa shape index (κ1) is 12.6. The zero-order valence-corrected chi connectivity index (χ0v) is 10.9. The number of hydrogen-bond acceptors (Lipinski definition) is 2. The second-order valence-electron chi connectivity index (χ2n) is 4.41. The summed E-state index contributed by atoms with van der Waals surface area (Å²) in [6, 6.07) is 8.01. The fraction of sp³-hybridized carbons (Fsp3) is 0.357. The molecule has 0 atom stereocenters.